The molecule has 0 bridgehead atoms. The highest BCUT2D eigenvalue weighted by Crippen LogP contribution is 2.42. The van der Waals surface area contributed by atoms with Gasteiger partial charge in [-0.2, -0.15) is 0 Å². The fourth-order valence-electron chi connectivity index (χ4n) is 7.38. The van der Waals surface area contributed by atoms with Crippen molar-refractivity contribution in [3.8, 4) is 0 Å². The first kappa shape index (κ1) is 30.0. The molecule has 0 saturated carbocycles. The second kappa shape index (κ2) is 13.3. The summed E-state index contributed by atoms with van der Waals surface area (Å²) in [5.41, 5.74) is 1.10. The summed E-state index contributed by atoms with van der Waals surface area (Å²) in [6.07, 6.45) is 2.77. The molecule has 0 unspecified atom stereocenters. The van der Waals surface area contributed by atoms with Crippen LogP contribution in [0.25, 0.3) is 0 Å². The third-order valence-electron chi connectivity index (χ3n) is 9.57. The van der Waals surface area contributed by atoms with Crippen molar-refractivity contribution in [2.24, 2.45) is 5.92 Å². The summed E-state index contributed by atoms with van der Waals surface area (Å²) in [4.78, 5) is 46.1. The van der Waals surface area contributed by atoms with Crippen molar-refractivity contribution in [1.29, 1.82) is 0 Å². The Hall–Kier alpha value is -4.01. The van der Waals surface area contributed by atoms with Crippen molar-refractivity contribution in [3.63, 3.8) is 0 Å². The van der Waals surface area contributed by atoms with Gasteiger partial charge in [0.25, 0.3) is 0 Å². The van der Waals surface area contributed by atoms with Crippen molar-refractivity contribution in [2.45, 2.75) is 55.7 Å². The fourth-order valence-corrected chi connectivity index (χ4v) is 7.38. The predicted molar refractivity (Wildman–Crippen MR) is 169 cm³/mol. The first-order chi connectivity index (χ1) is 21.5. The topological polar surface area (TPSA) is 102 Å². The first-order valence-corrected chi connectivity index (χ1v) is 15.9. The van der Waals surface area contributed by atoms with Crippen LogP contribution in [-0.2, 0) is 19.8 Å². The third kappa shape index (κ3) is 5.76. The maximum absolute atomic E-state index is 15.2. The summed E-state index contributed by atoms with van der Waals surface area (Å²) in [5.74, 6) is -0.278. The van der Waals surface area contributed by atoms with Crippen LogP contribution in [-0.4, -0.2) is 83.5 Å². The predicted octanol–water partition coefficient (Wildman–Crippen LogP) is 3.09. The van der Waals surface area contributed by atoms with Crippen molar-refractivity contribution in [2.75, 3.05) is 32.7 Å². The number of hydrogen-bond acceptors (Lipinski definition) is 5. The largest absolute Gasteiger partial charge is 0.391 e. The molecule has 3 aliphatic rings. The van der Waals surface area contributed by atoms with Gasteiger partial charge in [0.2, 0.25) is 17.7 Å². The minimum Gasteiger partial charge on any atom is -0.391 e. The van der Waals surface area contributed by atoms with Gasteiger partial charge in [-0.25, -0.2) is 0 Å². The second-order valence-corrected chi connectivity index (χ2v) is 12.4. The molecular weight excluding hydrogens is 552 g/mol. The van der Waals surface area contributed by atoms with E-state index in [9.17, 15) is 14.7 Å². The minimum atomic E-state index is -1.25. The Morgan fingerprint density at radius 1 is 0.795 bits per heavy atom. The molecule has 6 rings (SSSR count). The zero-order valence-corrected chi connectivity index (χ0v) is 25.1. The molecule has 3 aliphatic heterocycles. The average molecular weight is 595 g/mol. The van der Waals surface area contributed by atoms with E-state index in [1.54, 1.807) is 9.80 Å². The van der Waals surface area contributed by atoms with Crippen molar-refractivity contribution >= 4 is 17.7 Å². The molecule has 0 spiro atoms. The van der Waals surface area contributed by atoms with E-state index < -0.39 is 23.6 Å². The number of amides is 3. The lowest BCUT2D eigenvalue weighted by molar-refractivity contribution is -0.147. The number of β-amino-alcohol motifs (C(OH)–C–C–N with tert-alkyl or cyclic N) is 1. The molecule has 0 aromatic heterocycles. The summed E-state index contributed by atoms with van der Waals surface area (Å²) >= 11 is 0. The summed E-state index contributed by atoms with van der Waals surface area (Å²) < 4.78 is 0. The van der Waals surface area contributed by atoms with Crippen LogP contribution >= 0.6 is 0 Å². The molecular formula is C36H42N4O4. The molecule has 3 heterocycles. The number of benzene rings is 3. The number of aliphatic hydroxyl groups is 1. The quantitative estimate of drug-likeness (QED) is 0.348. The molecule has 3 N–H and O–H groups in total. The van der Waals surface area contributed by atoms with Gasteiger partial charge in [-0.05, 0) is 61.4 Å². The van der Waals surface area contributed by atoms with Gasteiger partial charge >= 0.3 is 0 Å². The van der Waals surface area contributed by atoms with Gasteiger partial charge in [-0.3, -0.25) is 14.4 Å². The lowest BCUT2D eigenvalue weighted by atomic mass is 9.68. The van der Waals surface area contributed by atoms with Gasteiger partial charge in [-0.1, -0.05) is 91.0 Å². The summed E-state index contributed by atoms with van der Waals surface area (Å²) in [6.45, 7) is 2.99. The van der Waals surface area contributed by atoms with E-state index in [1.165, 1.54) is 0 Å². The van der Waals surface area contributed by atoms with E-state index in [0.29, 0.717) is 25.4 Å². The van der Waals surface area contributed by atoms with E-state index in [0.717, 1.165) is 49.0 Å². The van der Waals surface area contributed by atoms with Gasteiger partial charge in [-0.15, -0.1) is 0 Å². The van der Waals surface area contributed by atoms with Gasteiger partial charge in [0.1, 0.15) is 17.5 Å². The smallest absolute Gasteiger partial charge is 0.246 e. The Kier molecular flexibility index (Phi) is 9.09. The van der Waals surface area contributed by atoms with E-state index in [-0.39, 0.29) is 30.7 Å². The van der Waals surface area contributed by atoms with Crippen LogP contribution in [0.2, 0.25) is 0 Å². The monoisotopic (exact) mass is 594 g/mol. The highest BCUT2D eigenvalue weighted by atomic mass is 16.3. The van der Waals surface area contributed by atoms with Gasteiger partial charge in [0, 0.05) is 26.1 Å². The normalized spacial score (nSPS) is 23.8. The molecule has 8 heteroatoms. The van der Waals surface area contributed by atoms with Crippen LogP contribution in [0, 0.1) is 5.92 Å². The van der Waals surface area contributed by atoms with Crippen LogP contribution in [0.15, 0.2) is 91.0 Å². The van der Waals surface area contributed by atoms with Crippen molar-refractivity contribution < 1.29 is 19.5 Å². The third-order valence-corrected chi connectivity index (χ3v) is 9.57. The molecule has 3 saturated heterocycles. The van der Waals surface area contributed by atoms with E-state index in [2.05, 4.69) is 10.6 Å². The van der Waals surface area contributed by atoms with Gasteiger partial charge in [0.15, 0.2) is 0 Å². The maximum Gasteiger partial charge on any atom is 0.246 e. The number of nitrogens with zero attached hydrogens (tertiary/aromatic N) is 2. The highest BCUT2D eigenvalue weighted by Gasteiger charge is 2.52. The number of carbonyl (C=O) groups is 3. The summed E-state index contributed by atoms with van der Waals surface area (Å²) in [6, 6.07) is 27.5. The van der Waals surface area contributed by atoms with Gasteiger partial charge in [0.05, 0.1) is 6.10 Å². The number of hydrogen-bond donors (Lipinski definition) is 3. The van der Waals surface area contributed by atoms with E-state index in [1.807, 2.05) is 91.0 Å². The summed E-state index contributed by atoms with van der Waals surface area (Å²) in [5, 5.41) is 17.4. The zero-order chi connectivity index (χ0) is 30.5. The maximum atomic E-state index is 15.2. The standard InChI is InChI=1S/C36H42N4O4/c41-30-22-32(34(43)39-21-11-19-31(39)33(42)38-24-26-12-10-20-37-23-26)40(25-30)35(44)36(27-13-4-1-5-14-27,28-15-6-2-7-16-28)29-17-8-3-9-18-29/h1-9,13-18,26,30-32,37,41H,10-12,19-25H2,(H,38,42)/t26-,30+,31+,32-/m0/s1. The lowest BCUT2D eigenvalue weighted by Gasteiger charge is -2.40. The highest BCUT2D eigenvalue weighted by molar-refractivity contribution is 6.00. The Morgan fingerprint density at radius 2 is 1.39 bits per heavy atom. The van der Waals surface area contributed by atoms with Crippen molar-refractivity contribution in [3.05, 3.63) is 108 Å². The van der Waals surface area contributed by atoms with Gasteiger partial charge < -0.3 is 25.5 Å². The van der Waals surface area contributed by atoms with Crippen LogP contribution in [0.1, 0.15) is 48.8 Å². The fraction of sp³-hybridized carbons (Fsp3) is 0.417. The molecule has 3 fully saturated rings. The molecule has 230 valence electrons. The van der Waals surface area contributed by atoms with Crippen molar-refractivity contribution in [1.82, 2.24) is 20.4 Å². The van der Waals surface area contributed by atoms with E-state index in [4.69, 9.17) is 0 Å². The number of likely N-dealkylation sites (tertiary alicyclic amines) is 2. The number of carbonyl (C=O) groups excluding carboxylic acids is 3. The number of piperidine rings is 1. The minimum absolute atomic E-state index is 0.0445. The Labute approximate surface area is 259 Å². The first-order valence-electron chi connectivity index (χ1n) is 15.9. The zero-order valence-electron chi connectivity index (χ0n) is 25.1. The SMILES string of the molecule is O=C(NC[C@H]1CCCNC1)[C@H]1CCCN1C(=O)[C@@H]1C[C@@H](O)CN1C(=O)C(c1ccccc1)(c1ccccc1)c1ccccc1. The lowest BCUT2D eigenvalue weighted by Crippen LogP contribution is -2.56. The number of aliphatic hydroxyl groups excluding tert-OH is 1. The molecule has 0 radical (unpaired) electrons. The average Bonchev–Trinajstić information content (AvgIpc) is 3.73. The number of nitrogens with one attached hydrogen (secondary N) is 2. The van der Waals surface area contributed by atoms with Crippen LogP contribution in [0.3, 0.4) is 0 Å². The Balaban J connectivity index is 1.33. The Bertz CT molecular complexity index is 1330. The number of rotatable bonds is 8. The molecule has 44 heavy (non-hydrogen) atoms. The molecule has 3 aromatic rings. The summed E-state index contributed by atoms with van der Waals surface area (Å²) in [7, 11) is 0. The van der Waals surface area contributed by atoms with Crippen LogP contribution in [0.4, 0.5) is 0 Å². The molecule has 8 nitrogen and oxygen atoms in total. The molecule has 3 amide bonds. The van der Waals surface area contributed by atoms with E-state index >= 15 is 4.79 Å². The molecule has 3 aromatic carbocycles. The Morgan fingerprint density at radius 3 is 1.93 bits per heavy atom. The van der Waals surface area contributed by atoms with Crippen LogP contribution in [0.5, 0.6) is 0 Å². The molecule has 4 atom stereocenters. The second-order valence-electron chi connectivity index (χ2n) is 12.4. The van der Waals surface area contributed by atoms with Crippen LogP contribution < -0.4 is 10.6 Å². The molecule has 0 aliphatic carbocycles.